The minimum absolute atomic E-state index is 0.222. The van der Waals surface area contributed by atoms with E-state index in [0.717, 1.165) is 17.7 Å². The molecule has 0 N–H and O–H groups in total. The zero-order chi connectivity index (χ0) is 11.8. The maximum absolute atomic E-state index is 11.9. The molecule has 0 saturated heterocycles. The molecule has 0 fully saturated rings. The molecule has 2 aromatic rings. The molecular weight excluding hydrogens is 234 g/mol. The summed E-state index contributed by atoms with van der Waals surface area (Å²) in [5.74, 6) is 0.837. The van der Waals surface area contributed by atoms with E-state index in [9.17, 15) is 4.79 Å². The first-order valence-electron chi connectivity index (χ1n) is 5.73. The Kier molecular flexibility index (Phi) is 2.59. The van der Waals surface area contributed by atoms with E-state index >= 15 is 0 Å². The smallest absolute Gasteiger partial charge is 0.340 e. The minimum Gasteiger partial charge on any atom is -0.462 e. The van der Waals surface area contributed by atoms with E-state index in [-0.39, 0.29) is 5.97 Å². The topological polar surface area (TPSA) is 31.2 Å². The molecule has 1 aliphatic rings. The maximum Gasteiger partial charge on any atom is 0.340 e. The number of thioether (sulfide) groups is 1. The number of rotatable bonds is 2. The summed E-state index contributed by atoms with van der Waals surface area (Å²) < 4.78 is 7.26. The van der Waals surface area contributed by atoms with Crippen molar-refractivity contribution in [3.8, 4) is 0 Å². The van der Waals surface area contributed by atoms with Crippen LogP contribution in [0, 0.1) is 0 Å². The minimum atomic E-state index is -0.222. The molecule has 1 aromatic carbocycles. The van der Waals surface area contributed by atoms with Crippen LogP contribution in [0.1, 0.15) is 17.3 Å². The van der Waals surface area contributed by atoms with Gasteiger partial charge >= 0.3 is 5.97 Å². The molecule has 3 rings (SSSR count). The first-order chi connectivity index (χ1) is 8.31. The number of aryl methyl sites for hydroxylation is 1. The van der Waals surface area contributed by atoms with Crippen molar-refractivity contribution in [3.05, 3.63) is 30.0 Å². The second kappa shape index (κ2) is 4.11. The van der Waals surface area contributed by atoms with Crippen LogP contribution in [0.15, 0.2) is 29.3 Å². The summed E-state index contributed by atoms with van der Waals surface area (Å²) in [7, 11) is 0. The molecule has 0 amide bonds. The molecule has 17 heavy (non-hydrogen) atoms. The van der Waals surface area contributed by atoms with Gasteiger partial charge in [-0.05, 0) is 13.0 Å². The lowest BCUT2D eigenvalue weighted by atomic mass is 10.2. The monoisotopic (exact) mass is 247 g/mol. The van der Waals surface area contributed by atoms with E-state index in [4.69, 9.17) is 4.74 Å². The number of carbonyl (C=O) groups excluding carboxylic acids is 1. The second-order valence-corrected chi connectivity index (χ2v) is 5.09. The number of esters is 1. The molecule has 0 saturated carbocycles. The van der Waals surface area contributed by atoms with Gasteiger partial charge in [0.05, 0.1) is 17.7 Å². The fraction of sp³-hybridized carbons (Fsp3) is 0.308. The second-order valence-electron chi connectivity index (χ2n) is 3.96. The Hall–Kier alpha value is -1.42. The van der Waals surface area contributed by atoms with Gasteiger partial charge in [0.25, 0.3) is 0 Å². The number of ether oxygens (including phenoxy) is 1. The molecule has 1 aliphatic heterocycles. The highest BCUT2D eigenvalue weighted by molar-refractivity contribution is 7.99. The highest BCUT2D eigenvalue weighted by Gasteiger charge is 2.20. The van der Waals surface area contributed by atoms with E-state index in [0.29, 0.717) is 12.2 Å². The third kappa shape index (κ3) is 1.63. The van der Waals surface area contributed by atoms with Gasteiger partial charge in [0, 0.05) is 28.8 Å². The fourth-order valence-electron chi connectivity index (χ4n) is 2.24. The summed E-state index contributed by atoms with van der Waals surface area (Å²) in [5.41, 5.74) is 1.86. The van der Waals surface area contributed by atoms with Crippen molar-refractivity contribution in [2.75, 3.05) is 12.4 Å². The first kappa shape index (κ1) is 10.7. The maximum atomic E-state index is 11.9. The number of nitrogens with zero attached hydrogens (tertiary/aromatic N) is 1. The highest BCUT2D eigenvalue weighted by Crippen LogP contribution is 2.35. The zero-order valence-electron chi connectivity index (χ0n) is 9.60. The van der Waals surface area contributed by atoms with Crippen molar-refractivity contribution >= 4 is 28.6 Å². The van der Waals surface area contributed by atoms with E-state index in [2.05, 4.69) is 10.6 Å². The zero-order valence-corrected chi connectivity index (χ0v) is 10.4. The molecule has 0 unspecified atom stereocenters. The van der Waals surface area contributed by atoms with Crippen LogP contribution in [0.4, 0.5) is 0 Å². The van der Waals surface area contributed by atoms with Crippen molar-refractivity contribution in [1.29, 1.82) is 0 Å². The lowest BCUT2D eigenvalue weighted by Gasteiger charge is -2.14. The van der Waals surface area contributed by atoms with Gasteiger partial charge in [0.2, 0.25) is 0 Å². The summed E-state index contributed by atoms with van der Waals surface area (Å²) in [4.78, 5) is 13.1. The van der Waals surface area contributed by atoms with Crippen LogP contribution in [0.5, 0.6) is 0 Å². The molecule has 0 aliphatic carbocycles. The Bertz CT molecular complexity index is 588. The SMILES string of the molecule is CCOC(=O)c1cn2c3c(cccc13)SCC2. The Morgan fingerprint density at radius 2 is 2.41 bits per heavy atom. The van der Waals surface area contributed by atoms with Crippen molar-refractivity contribution in [2.24, 2.45) is 0 Å². The van der Waals surface area contributed by atoms with Gasteiger partial charge in [-0.25, -0.2) is 4.79 Å². The molecule has 0 atom stereocenters. The molecule has 1 aromatic heterocycles. The van der Waals surface area contributed by atoms with E-state index in [1.165, 1.54) is 10.4 Å². The summed E-state index contributed by atoms with van der Waals surface area (Å²) in [5, 5.41) is 1.01. The summed E-state index contributed by atoms with van der Waals surface area (Å²) in [6.45, 7) is 3.20. The number of carbonyl (C=O) groups is 1. The molecular formula is C13H13NO2S. The molecule has 4 heteroatoms. The van der Waals surface area contributed by atoms with Crippen LogP contribution in [-0.4, -0.2) is 22.9 Å². The van der Waals surface area contributed by atoms with Gasteiger partial charge in [-0.2, -0.15) is 0 Å². The largest absolute Gasteiger partial charge is 0.462 e. The number of hydrogen-bond donors (Lipinski definition) is 0. The van der Waals surface area contributed by atoms with Crippen LogP contribution in [0.3, 0.4) is 0 Å². The molecule has 0 spiro atoms. The van der Waals surface area contributed by atoms with Crippen LogP contribution in [-0.2, 0) is 11.3 Å². The third-order valence-corrected chi connectivity index (χ3v) is 3.97. The fourth-order valence-corrected chi connectivity index (χ4v) is 3.29. The normalized spacial score (nSPS) is 13.9. The lowest BCUT2D eigenvalue weighted by molar-refractivity contribution is 0.0528. The van der Waals surface area contributed by atoms with Crippen LogP contribution in [0.25, 0.3) is 10.9 Å². The molecule has 88 valence electrons. The number of aromatic nitrogens is 1. The predicted octanol–water partition coefficient (Wildman–Crippen LogP) is 2.92. The van der Waals surface area contributed by atoms with Crippen LogP contribution >= 0.6 is 11.8 Å². The van der Waals surface area contributed by atoms with E-state index < -0.39 is 0 Å². The van der Waals surface area contributed by atoms with Gasteiger partial charge in [-0.1, -0.05) is 12.1 Å². The summed E-state index contributed by atoms with van der Waals surface area (Å²) in [6.07, 6.45) is 1.92. The molecule has 2 heterocycles. The number of benzene rings is 1. The average Bonchev–Trinajstić information content (AvgIpc) is 2.72. The van der Waals surface area contributed by atoms with Gasteiger partial charge in [0.15, 0.2) is 0 Å². The average molecular weight is 247 g/mol. The Morgan fingerprint density at radius 1 is 1.53 bits per heavy atom. The van der Waals surface area contributed by atoms with Crippen molar-refractivity contribution in [1.82, 2.24) is 4.57 Å². The van der Waals surface area contributed by atoms with Gasteiger partial charge < -0.3 is 9.30 Å². The van der Waals surface area contributed by atoms with E-state index in [1.807, 2.05) is 37.0 Å². The number of hydrogen-bond acceptors (Lipinski definition) is 3. The Labute approximate surface area is 104 Å². The summed E-state index contributed by atoms with van der Waals surface area (Å²) in [6, 6.07) is 6.11. The Morgan fingerprint density at radius 3 is 3.24 bits per heavy atom. The van der Waals surface area contributed by atoms with Crippen molar-refractivity contribution in [2.45, 2.75) is 18.4 Å². The van der Waals surface area contributed by atoms with E-state index in [1.54, 1.807) is 0 Å². The van der Waals surface area contributed by atoms with Crippen LogP contribution < -0.4 is 0 Å². The Balaban J connectivity index is 2.22. The molecule has 0 radical (unpaired) electrons. The quantitative estimate of drug-likeness (QED) is 0.765. The summed E-state index contributed by atoms with van der Waals surface area (Å²) >= 11 is 1.85. The van der Waals surface area contributed by atoms with Crippen molar-refractivity contribution < 1.29 is 9.53 Å². The van der Waals surface area contributed by atoms with Crippen LogP contribution in [0.2, 0.25) is 0 Å². The third-order valence-electron chi connectivity index (χ3n) is 2.95. The molecule has 3 nitrogen and oxygen atoms in total. The van der Waals surface area contributed by atoms with Crippen molar-refractivity contribution in [3.63, 3.8) is 0 Å². The highest BCUT2D eigenvalue weighted by atomic mass is 32.2. The predicted molar refractivity (Wildman–Crippen MR) is 68.6 cm³/mol. The van der Waals surface area contributed by atoms with Gasteiger partial charge in [-0.3, -0.25) is 0 Å². The number of para-hydroxylation sites is 1. The standard InChI is InChI=1S/C13H13NO2S/c1-2-16-13(15)10-8-14-6-7-17-11-5-3-4-9(10)12(11)14/h3-5,8H,2,6-7H2,1H3. The lowest BCUT2D eigenvalue weighted by Crippen LogP contribution is -2.05. The molecule has 0 bridgehead atoms. The van der Waals surface area contributed by atoms with Gasteiger partial charge in [-0.15, -0.1) is 11.8 Å². The van der Waals surface area contributed by atoms with Gasteiger partial charge in [0.1, 0.15) is 0 Å². The first-order valence-corrected chi connectivity index (χ1v) is 6.71.